The summed E-state index contributed by atoms with van der Waals surface area (Å²) in [5.41, 5.74) is 6.96. The van der Waals surface area contributed by atoms with Gasteiger partial charge in [0.25, 0.3) is 0 Å². The molecular weight excluding hydrogens is 544 g/mol. The molecule has 2 fully saturated rings. The van der Waals surface area contributed by atoms with E-state index in [0.29, 0.717) is 11.8 Å². The molecule has 5 rings (SSSR count). The lowest BCUT2D eigenvalue weighted by Gasteiger charge is -2.35. The number of hydrogen-bond acceptors (Lipinski definition) is 4. The normalized spacial score (nSPS) is 25.6. The molecule has 0 radical (unpaired) electrons. The number of benzene rings is 3. The van der Waals surface area contributed by atoms with Crippen molar-refractivity contribution >= 4 is 0 Å². The largest absolute Gasteiger partial charge is 0.348 e. The van der Waals surface area contributed by atoms with Gasteiger partial charge in [-0.3, -0.25) is 0 Å². The lowest BCUT2D eigenvalue weighted by Crippen LogP contribution is -2.34. The first-order chi connectivity index (χ1) is 21.6. The van der Waals surface area contributed by atoms with Gasteiger partial charge in [-0.1, -0.05) is 138 Å². The van der Waals surface area contributed by atoms with Crippen LogP contribution in [0, 0.1) is 11.8 Å². The number of hydrogen-bond donors (Lipinski definition) is 0. The van der Waals surface area contributed by atoms with Crippen molar-refractivity contribution in [2.24, 2.45) is 11.8 Å². The van der Waals surface area contributed by atoms with Crippen molar-refractivity contribution in [3.8, 4) is 22.3 Å². The Hall–Kier alpha value is -2.50. The number of rotatable bonds is 14. The molecule has 0 saturated carbocycles. The molecule has 2 aliphatic rings. The first kappa shape index (κ1) is 32.9. The zero-order valence-corrected chi connectivity index (χ0v) is 27.5. The van der Waals surface area contributed by atoms with Crippen LogP contribution in [0.15, 0.2) is 72.8 Å². The fourth-order valence-electron chi connectivity index (χ4n) is 6.56. The highest BCUT2D eigenvalue weighted by molar-refractivity contribution is 5.70. The zero-order valence-electron chi connectivity index (χ0n) is 27.5. The van der Waals surface area contributed by atoms with E-state index in [-0.39, 0.29) is 24.8 Å². The molecule has 0 bridgehead atoms. The van der Waals surface area contributed by atoms with Gasteiger partial charge in [-0.15, -0.1) is 0 Å². The summed E-state index contributed by atoms with van der Waals surface area (Å²) < 4.78 is 24.9. The van der Waals surface area contributed by atoms with Crippen molar-refractivity contribution in [1.82, 2.24) is 0 Å². The van der Waals surface area contributed by atoms with E-state index >= 15 is 0 Å². The Kier molecular flexibility index (Phi) is 12.5. The van der Waals surface area contributed by atoms with Crippen molar-refractivity contribution < 1.29 is 18.9 Å². The van der Waals surface area contributed by atoms with Crippen molar-refractivity contribution in [2.45, 2.75) is 117 Å². The van der Waals surface area contributed by atoms with Crippen LogP contribution in [-0.4, -0.2) is 25.4 Å². The van der Waals surface area contributed by atoms with Gasteiger partial charge in [0.1, 0.15) is 0 Å². The molecule has 2 saturated heterocycles. The Morgan fingerprint density at radius 1 is 0.477 bits per heavy atom. The third-order valence-electron chi connectivity index (χ3n) is 9.70. The lowest BCUT2D eigenvalue weighted by atomic mass is 9.95. The molecule has 0 N–H and O–H groups in total. The summed E-state index contributed by atoms with van der Waals surface area (Å²) in [4.78, 5) is 0. The topological polar surface area (TPSA) is 36.9 Å². The fourth-order valence-corrected chi connectivity index (χ4v) is 6.56. The second-order valence-electron chi connectivity index (χ2n) is 13.1. The van der Waals surface area contributed by atoms with Gasteiger partial charge >= 0.3 is 0 Å². The molecule has 0 aromatic heterocycles. The molecule has 3 aromatic carbocycles. The molecule has 238 valence electrons. The van der Waals surface area contributed by atoms with Crippen LogP contribution < -0.4 is 0 Å². The van der Waals surface area contributed by atoms with Gasteiger partial charge in [-0.25, -0.2) is 0 Å². The Morgan fingerprint density at radius 3 is 1.14 bits per heavy atom. The number of unbranched alkanes of at least 4 members (excludes halogenated alkanes) is 6. The van der Waals surface area contributed by atoms with E-state index < -0.39 is 0 Å². The minimum absolute atomic E-state index is 0.223. The highest BCUT2D eigenvalue weighted by Crippen LogP contribution is 2.35. The zero-order chi connectivity index (χ0) is 30.7. The van der Waals surface area contributed by atoms with Gasteiger partial charge in [-0.05, 0) is 48.9 Å². The smallest absolute Gasteiger partial charge is 0.184 e. The van der Waals surface area contributed by atoms with E-state index in [9.17, 15) is 0 Å². The molecule has 3 aromatic rings. The average Bonchev–Trinajstić information content (AvgIpc) is 3.06. The maximum Gasteiger partial charge on any atom is 0.184 e. The molecule has 0 aliphatic carbocycles. The second kappa shape index (κ2) is 16.7. The first-order valence-corrected chi connectivity index (χ1v) is 17.4. The van der Waals surface area contributed by atoms with Crippen LogP contribution >= 0.6 is 0 Å². The van der Waals surface area contributed by atoms with Crippen LogP contribution in [0.5, 0.6) is 0 Å². The molecule has 0 spiro atoms. The van der Waals surface area contributed by atoms with Crippen molar-refractivity contribution in [1.29, 1.82) is 0 Å². The molecule has 4 nitrogen and oxygen atoms in total. The molecular formula is C40H54O4. The van der Waals surface area contributed by atoms with E-state index in [1.54, 1.807) is 0 Å². The summed E-state index contributed by atoms with van der Waals surface area (Å²) >= 11 is 0. The highest BCUT2D eigenvalue weighted by Gasteiger charge is 2.30. The van der Waals surface area contributed by atoms with Gasteiger partial charge in [0.15, 0.2) is 12.6 Å². The molecule has 2 heterocycles. The van der Waals surface area contributed by atoms with E-state index in [1.165, 1.54) is 86.5 Å². The minimum Gasteiger partial charge on any atom is -0.348 e. The van der Waals surface area contributed by atoms with E-state index in [2.05, 4.69) is 100 Å². The van der Waals surface area contributed by atoms with Crippen molar-refractivity contribution in [3.63, 3.8) is 0 Å². The summed E-state index contributed by atoms with van der Waals surface area (Å²) in [6.45, 7) is 10.5. The highest BCUT2D eigenvalue weighted by atomic mass is 16.7. The van der Waals surface area contributed by atoms with E-state index in [0.717, 1.165) is 24.3 Å². The molecule has 2 aliphatic heterocycles. The standard InChI is InChI=1S/C40H54O4/c1-5-7-9-11-13-37-27-41-39(43-29(37)3)35-23-19-33(20-24-35)31-15-17-32(18-16-31)34-21-25-36(26-22-34)40-42-28-38(30(4)44-40)14-12-10-8-6-2/h15-26,29-30,37-40H,5-14,27-28H2,1-4H3/t29?,30?,37-,38-,39-,40-/m1/s1. The quantitative estimate of drug-likeness (QED) is 0.173. The van der Waals surface area contributed by atoms with Gasteiger partial charge in [0.05, 0.1) is 25.4 Å². The van der Waals surface area contributed by atoms with Crippen molar-refractivity contribution in [2.75, 3.05) is 13.2 Å². The third-order valence-corrected chi connectivity index (χ3v) is 9.70. The molecule has 2 unspecified atom stereocenters. The van der Waals surface area contributed by atoms with E-state index in [4.69, 9.17) is 18.9 Å². The van der Waals surface area contributed by atoms with Crippen LogP contribution in [0.2, 0.25) is 0 Å². The maximum atomic E-state index is 6.29. The first-order valence-electron chi connectivity index (χ1n) is 17.4. The maximum absolute atomic E-state index is 6.29. The Bertz CT molecular complexity index is 1140. The van der Waals surface area contributed by atoms with Crippen LogP contribution in [-0.2, 0) is 18.9 Å². The molecule has 0 amide bonds. The van der Waals surface area contributed by atoms with Crippen LogP contribution in [0.25, 0.3) is 22.3 Å². The fraction of sp³-hybridized carbons (Fsp3) is 0.550. The average molecular weight is 599 g/mol. The van der Waals surface area contributed by atoms with Crippen LogP contribution in [0.4, 0.5) is 0 Å². The number of ether oxygens (including phenoxy) is 4. The van der Waals surface area contributed by atoms with E-state index in [1.807, 2.05) is 0 Å². The summed E-state index contributed by atoms with van der Waals surface area (Å²) in [5.74, 6) is 0.986. The second-order valence-corrected chi connectivity index (χ2v) is 13.1. The lowest BCUT2D eigenvalue weighted by molar-refractivity contribution is -0.237. The predicted octanol–water partition coefficient (Wildman–Crippen LogP) is 11.1. The summed E-state index contributed by atoms with van der Waals surface area (Å²) in [5, 5.41) is 0. The third kappa shape index (κ3) is 8.81. The van der Waals surface area contributed by atoms with Crippen LogP contribution in [0.3, 0.4) is 0 Å². The monoisotopic (exact) mass is 598 g/mol. The Morgan fingerprint density at radius 2 is 0.818 bits per heavy atom. The summed E-state index contributed by atoms with van der Waals surface area (Å²) in [7, 11) is 0. The van der Waals surface area contributed by atoms with Gasteiger partial charge in [-0.2, -0.15) is 0 Å². The summed E-state index contributed by atoms with van der Waals surface area (Å²) in [6, 6.07) is 26.1. The molecule has 4 heteroatoms. The van der Waals surface area contributed by atoms with Crippen molar-refractivity contribution in [3.05, 3.63) is 83.9 Å². The Balaban J connectivity index is 1.12. The van der Waals surface area contributed by atoms with Crippen LogP contribution in [0.1, 0.15) is 116 Å². The van der Waals surface area contributed by atoms with Gasteiger partial charge in [0, 0.05) is 23.0 Å². The Labute approximate surface area is 266 Å². The minimum atomic E-state index is -0.277. The molecule has 6 atom stereocenters. The van der Waals surface area contributed by atoms with Gasteiger partial charge < -0.3 is 18.9 Å². The van der Waals surface area contributed by atoms with Gasteiger partial charge in [0.2, 0.25) is 0 Å². The molecule has 44 heavy (non-hydrogen) atoms. The predicted molar refractivity (Wildman–Crippen MR) is 180 cm³/mol. The SMILES string of the molecule is CCCCCC[C@@H]1CO[C@@H](c2ccc(-c3ccc(-c4ccc([C@@H]5OC[C@@H](CCCCCC)C(C)O5)cc4)cc3)cc2)OC1C. The summed E-state index contributed by atoms with van der Waals surface area (Å²) in [6.07, 6.45) is 12.6.